The fourth-order valence-corrected chi connectivity index (χ4v) is 3.59. The molecule has 132 valence electrons. The van der Waals surface area contributed by atoms with Gasteiger partial charge in [0.05, 0.1) is 12.5 Å². The van der Waals surface area contributed by atoms with Crippen LogP contribution in [0.2, 0.25) is 0 Å². The van der Waals surface area contributed by atoms with Crippen LogP contribution in [0.3, 0.4) is 0 Å². The van der Waals surface area contributed by atoms with E-state index >= 15 is 0 Å². The number of benzene rings is 1. The predicted octanol–water partition coefficient (Wildman–Crippen LogP) is 2.27. The Morgan fingerprint density at radius 2 is 1.88 bits per heavy atom. The number of aliphatic carboxylic acids is 1. The van der Waals surface area contributed by atoms with E-state index in [2.05, 4.69) is 29.6 Å². The van der Waals surface area contributed by atoms with E-state index in [-0.39, 0.29) is 17.9 Å². The van der Waals surface area contributed by atoms with E-state index in [0.717, 1.165) is 12.8 Å². The number of carboxylic acids is 1. The molecule has 1 aliphatic rings. The van der Waals surface area contributed by atoms with Crippen molar-refractivity contribution in [1.82, 2.24) is 10.2 Å². The molecule has 0 heterocycles. The monoisotopic (exact) mass is 332 g/mol. The van der Waals surface area contributed by atoms with Crippen molar-refractivity contribution in [3.05, 3.63) is 35.9 Å². The maximum absolute atomic E-state index is 12.2. The first-order valence-corrected chi connectivity index (χ1v) is 8.66. The molecule has 0 radical (unpaired) electrons. The minimum absolute atomic E-state index is 0.0442. The van der Waals surface area contributed by atoms with Crippen LogP contribution in [0.4, 0.5) is 0 Å². The Hall–Kier alpha value is -1.88. The lowest BCUT2D eigenvalue weighted by atomic mass is 9.79. The molecule has 2 N–H and O–H groups in total. The fraction of sp³-hybridized carbons (Fsp3) is 0.579. The summed E-state index contributed by atoms with van der Waals surface area (Å²) in [6.45, 7) is 2.90. The SMILES string of the molecule is CC(CN(C)CC(=O)NCC1(c2ccccc2)CCCC1)C(=O)O. The molecule has 1 saturated carbocycles. The maximum atomic E-state index is 12.2. The molecule has 5 heteroatoms. The lowest BCUT2D eigenvalue weighted by Gasteiger charge is -2.30. The number of likely N-dealkylation sites (N-methyl/N-ethyl adjacent to an activating group) is 1. The molecule has 0 aromatic heterocycles. The van der Waals surface area contributed by atoms with Crippen LogP contribution in [-0.2, 0) is 15.0 Å². The van der Waals surface area contributed by atoms with Crippen molar-refractivity contribution in [1.29, 1.82) is 0 Å². The van der Waals surface area contributed by atoms with E-state index in [1.54, 1.807) is 18.9 Å². The first-order valence-electron chi connectivity index (χ1n) is 8.66. The Labute approximate surface area is 144 Å². The largest absolute Gasteiger partial charge is 0.481 e. The summed E-state index contributed by atoms with van der Waals surface area (Å²) < 4.78 is 0. The van der Waals surface area contributed by atoms with Gasteiger partial charge in [-0.15, -0.1) is 0 Å². The molecule has 0 saturated heterocycles. The van der Waals surface area contributed by atoms with Gasteiger partial charge in [0.15, 0.2) is 0 Å². The number of carbonyl (C=O) groups is 2. The zero-order valence-corrected chi connectivity index (χ0v) is 14.6. The number of nitrogens with zero attached hydrogens (tertiary/aromatic N) is 1. The van der Waals surface area contributed by atoms with Gasteiger partial charge in [-0.25, -0.2) is 0 Å². The summed E-state index contributed by atoms with van der Waals surface area (Å²) >= 11 is 0. The molecular formula is C19H28N2O3. The minimum atomic E-state index is -0.837. The third kappa shape index (κ3) is 4.81. The van der Waals surface area contributed by atoms with E-state index in [9.17, 15) is 9.59 Å². The summed E-state index contributed by atoms with van der Waals surface area (Å²) in [4.78, 5) is 24.9. The lowest BCUT2D eigenvalue weighted by Crippen LogP contribution is -2.43. The fourth-order valence-electron chi connectivity index (χ4n) is 3.59. The standard InChI is InChI=1S/C19H28N2O3/c1-15(18(23)24)12-21(2)13-17(22)20-14-19(10-6-7-11-19)16-8-4-3-5-9-16/h3-5,8-9,15H,6-7,10-14H2,1-2H3,(H,20,22)(H,23,24). The second kappa shape index (κ2) is 8.29. The number of hydrogen-bond acceptors (Lipinski definition) is 3. The molecular weight excluding hydrogens is 304 g/mol. The summed E-state index contributed by atoms with van der Waals surface area (Å²) in [5.41, 5.74) is 1.35. The molecule has 2 rings (SSSR count). The molecule has 1 amide bonds. The van der Waals surface area contributed by atoms with Crippen LogP contribution in [0.15, 0.2) is 30.3 Å². The van der Waals surface area contributed by atoms with E-state index in [1.165, 1.54) is 18.4 Å². The number of carboxylic acid groups (broad SMARTS) is 1. The molecule has 0 aliphatic heterocycles. The molecule has 1 fully saturated rings. The number of rotatable bonds is 8. The van der Waals surface area contributed by atoms with Gasteiger partial charge in [-0.3, -0.25) is 14.5 Å². The van der Waals surface area contributed by atoms with Crippen LogP contribution in [0.1, 0.15) is 38.2 Å². The molecule has 5 nitrogen and oxygen atoms in total. The van der Waals surface area contributed by atoms with Crippen molar-refractivity contribution < 1.29 is 14.7 Å². The second-order valence-corrected chi connectivity index (χ2v) is 7.07. The van der Waals surface area contributed by atoms with Crippen molar-refractivity contribution >= 4 is 11.9 Å². The van der Waals surface area contributed by atoms with Crippen LogP contribution >= 0.6 is 0 Å². The molecule has 0 spiro atoms. The Bertz CT molecular complexity index is 553. The van der Waals surface area contributed by atoms with Gasteiger partial charge in [0.25, 0.3) is 0 Å². The minimum Gasteiger partial charge on any atom is -0.481 e. The van der Waals surface area contributed by atoms with Crippen molar-refractivity contribution in [3.8, 4) is 0 Å². The highest BCUT2D eigenvalue weighted by Gasteiger charge is 2.35. The Morgan fingerprint density at radius 3 is 2.46 bits per heavy atom. The quantitative estimate of drug-likeness (QED) is 0.766. The smallest absolute Gasteiger partial charge is 0.307 e. The number of hydrogen-bond donors (Lipinski definition) is 2. The van der Waals surface area contributed by atoms with Gasteiger partial charge in [-0.1, -0.05) is 50.1 Å². The average Bonchev–Trinajstić information content (AvgIpc) is 3.03. The van der Waals surface area contributed by atoms with Crippen LogP contribution in [-0.4, -0.2) is 48.6 Å². The molecule has 1 unspecified atom stereocenters. The summed E-state index contributed by atoms with van der Waals surface area (Å²) in [5.74, 6) is -1.36. The molecule has 1 aromatic rings. The zero-order chi connectivity index (χ0) is 17.6. The third-order valence-electron chi connectivity index (χ3n) is 4.99. The summed E-state index contributed by atoms with van der Waals surface area (Å²) in [6.07, 6.45) is 4.59. The topological polar surface area (TPSA) is 69.6 Å². The van der Waals surface area contributed by atoms with Crippen molar-refractivity contribution in [2.24, 2.45) is 5.92 Å². The second-order valence-electron chi connectivity index (χ2n) is 7.07. The Balaban J connectivity index is 1.88. The normalized spacial score (nSPS) is 17.6. The highest BCUT2D eigenvalue weighted by atomic mass is 16.4. The van der Waals surface area contributed by atoms with Gasteiger partial charge in [0, 0.05) is 18.5 Å². The highest BCUT2D eigenvalue weighted by Crippen LogP contribution is 2.40. The Kier molecular flexibility index (Phi) is 6.37. The van der Waals surface area contributed by atoms with Crippen molar-refractivity contribution in [3.63, 3.8) is 0 Å². The van der Waals surface area contributed by atoms with Crippen LogP contribution in [0, 0.1) is 5.92 Å². The van der Waals surface area contributed by atoms with Crippen molar-refractivity contribution in [2.75, 3.05) is 26.7 Å². The van der Waals surface area contributed by atoms with Crippen LogP contribution in [0.5, 0.6) is 0 Å². The van der Waals surface area contributed by atoms with Gasteiger partial charge in [0.2, 0.25) is 5.91 Å². The highest BCUT2D eigenvalue weighted by molar-refractivity contribution is 5.78. The first-order chi connectivity index (χ1) is 11.4. The van der Waals surface area contributed by atoms with Crippen molar-refractivity contribution in [2.45, 2.75) is 38.0 Å². The summed E-state index contributed by atoms with van der Waals surface area (Å²) in [7, 11) is 1.78. The first kappa shape index (κ1) is 18.5. The molecule has 1 aliphatic carbocycles. The number of carbonyl (C=O) groups excluding carboxylic acids is 1. The molecule has 1 aromatic carbocycles. The molecule has 0 bridgehead atoms. The third-order valence-corrected chi connectivity index (χ3v) is 4.99. The van der Waals surface area contributed by atoms with Gasteiger partial charge < -0.3 is 10.4 Å². The average molecular weight is 332 g/mol. The van der Waals surface area contributed by atoms with Gasteiger partial charge in [-0.2, -0.15) is 0 Å². The predicted molar refractivity (Wildman–Crippen MR) is 93.9 cm³/mol. The van der Waals surface area contributed by atoms with Crippen LogP contribution < -0.4 is 5.32 Å². The molecule has 1 atom stereocenters. The lowest BCUT2D eigenvalue weighted by molar-refractivity contribution is -0.142. The maximum Gasteiger partial charge on any atom is 0.307 e. The number of amides is 1. The van der Waals surface area contributed by atoms with E-state index in [4.69, 9.17) is 5.11 Å². The number of nitrogens with one attached hydrogen (secondary N) is 1. The van der Waals surface area contributed by atoms with Gasteiger partial charge >= 0.3 is 5.97 Å². The van der Waals surface area contributed by atoms with Gasteiger partial charge in [-0.05, 0) is 25.5 Å². The molecule has 24 heavy (non-hydrogen) atoms. The van der Waals surface area contributed by atoms with E-state index in [0.29, 0.717) is 13.1 Å². The zero-order valence-electron chi connectivity index (χ0n) is 14.6. The van der Waals surface area contributed by atoms with Crippen LogP contribution in [0.25, 0.3) is 0 Å². The van der Waals surface area contributed by atoms with E-state index in [1.807, 2.05) is 6.07 Å². The van der Waals surface area contributed by atoms with E-state index < -0.39 is 11.9 Å². The Morgan fingerprint density at radius 1 is 1.25 bits per heavy atom. The summed E-state index contributed by atoms with van der Waals surface area (Å²) in [5, 5.41) is 12.0. The van der Waals surface area contributed by atoms with Gasteiger partial charge in [0.1, 0.15) is 0 Å². The summed E-state index contributed by atoms with van der Waals surface area (Å²) in [6, 6.07) is 10.4.